The third kappa shape index (κ3) is 7.30. The van der Waals surface area contributed by atoms with Crippen LogP contribution in [0, 0.1) is 0 Å². The second-order valence-corrected chi connectivity index (χ2v) is 19.9. The maximum atomic E-state index is 7.43. The first-order valence-corrected chi connectivity index (χ1v) is 23.8. The zero-order valence-electron chi connectivity index (χ0n) is 42.7. The van der Waals surface area contributed by atoms with Crippen LogP contribution in [0.4, 0.5) is 0 Å². The molecule has 0 spiro atoms. The van der Waals surface area contributed by atoms with Crippen molar-refractivity contribution >= 4 is 475 Å². The average molecular weight is 941 g/mol. The van der Waals surface area contributed by atoms with Gasteiger partial charge in [0.1, 0.15) is 247 Å². The molecule has 60 radical (unpaired) electrons. The summed E-state index contributed by atoms with van der Waals surface area (Å²) in [5.74, 6) is 0. The minimum absolute atomic E-state index is 0.0324. The van der Waals surface area contributed by atoms with Gasteiger partial charge in [-0.15, -0.1) is 54.6 Å². The van der Waals surface area contributed by atoms with Gasteiger partial charge in [-0.2, -0.15) is 0 Å². The topological polar surface area (TPSA) is 13.1 Å². The molecule has 0 aliphatic heterocycles. The number of rotatable bonds is 3. The van der Waals surface area contributed by atoms with Crippen LogP contribution in [-0.4, -0.2) is 235 Å². The van der Waals surface area contributed by atoms with E-state index in [-0.39, 0.29) is 273 Å². The fourth-order valence-corrected chi connectivity index (χ4v) is 11.8. The quantitative estimate of drug-likeness (QED) is 0.0977. The van der Waals surface area contributed by atoms with Gasteiger partial charge in [-0.25, -0.2) is 0 Å². The highest BCUT2D eigenvalue weighted by atomic mass is 16.3. The van der Waals surface area contributed by atoms with E-state index in [1.807, 2.05) is 0 Å². The summed E-state index contributed by atoms with van der Waals surface area (Å²) >= 11 is 0. The molecule has 296 valence electrons. The van der Waals surface area contributed by atoms with Crippen molar-refractivity contribution in [3.63, 3.8) is 0 Å². The van der Waals surface area contributed by atoms with Crippen LogP contribution < -0.4 is 164 Å². The number of fused-ring (bicyclic) bond motifs is 10. The predicted octanol–water partition coefficient (Wildman–Crippen LogP) is -21.8. The van der Waals surface area contributed by atoms with Crippen LogP contribution >= 0.6 is 0 Å². The van der Waals surface area contributed by atoms with Gasteiger partial charge in [-0.1, -0.05) is 109 Å². The van der Waals surface area contributed by atoms with Crippen molar-refractivity contribution in [1.29, 1.82) is 0 Å². The molecule has 11 aromatic rings. The fraction of sp³-hybridized carbons (Fsp3) is 0. The number of hydrogen-bond donors (Lipinski definition) is 0. The zero-order chi connectivity index (χ0) is 59.6. The molecule has 0 saturated carbocycles. The van der Waals surface area contributed by atoms with Crippen LogP contribution in [0.1, 0.15) is 0 Å². The van der Waals surface area contributed by atoms with Crippen LogP contribution in [0.5, 0.6) is 0 Å². The van der Waals surface area contributed by atoms with Gasteiger partial charge in [0.15, 0.2) is 0 Å². The highest BCUT2D eigenvalue weighted by molar-refractivity contribution is 6.79. The van der Waals surface area contributed by atoms with Crippen molar-refractivity contribution in [3.8, 4) is 33.4 Å². The molecule has 1 nitrogen and oxygen atoms in total. The van der Waals surface area contributed by atoms with E-state index in [1.165, 1.54) is 0 Å². The minimum atomic E-state index is -0.309. The molecule has 31 heteroatoms. The van der Waals surface area contributed by atoms with Crippen LogP contribution in [0.15, 0.2) is 4.42 Å². The second kappa shape index (κ2) is 19.4. The van der Waals surface area contributed by atoms with Gasteiger partial charge in [0, 0.05) is 10.8 Å². The molecule has 0 bridgehead atoms. The summed E-state index contributed by atoms with van der Waals surface area (Å²) in [5.41, 5.74) is -5.66. The molecule has 0 aliphatic carbocycles. The van der Waals surface area contributed by atoms with E-state index in [1.54, 1.807) is 0 Å². The Morgan fingerprint density at radius 3 is 0.642 bits per heavy atom. The Morgan fingerprint density at radius 1 is 0.111 bits per heavy atom. The molecular weight excluding hydrogens is 941 g/mol. The molecule has 0 unspecified atom stereocenters. The number of benzene rings is 10. The maximum Gasteiger partial charge on any atom is 0.128 e. The van der Waals surface area contributed by atoms with E-state index >= 15 is 0 Å². The molecule has 0 fully saturated rings. The molecule has 0 amide bonds. The Hall–Kier alpha value is -4.75. The predicted molar refractivity (Wildman–Crippen MR) is 379 cm³/mol. The van der Waals surface area contributed by atoms with Crippen LogP contribution in [0.3, 0.4) is 0 Å². The van der Waals surface area contributed by atoms with Gasteiger partial charge in [-0.05, 0) is 87.2 Å². The molecular formula is C50B30O. The van der Waals surface area contributed by atoms with Gasteiger partial charge in [0.25, 0.3) is 0 Å². The van der Waals surface area contributed by atoms with Crippen molar-refractivity contribution in [2.45, 2.75) is 0 Å². The molecule has 1 aromatic heterocycles. The van der Waals surface area contributed by atoms with Gasteiger partial charge < -0.3 is 4.42 Å². The molecule has 0 aliphatic rings. The van der Waals surface area contributed by atoms with Gasteiger partial charge in [0.2, 0.25) is 0 Å². The van der Waals surface area contributed by atoms with Crippen molar-refractivity contribution in [2.24, 2.45) is 0 Å². The highest BCUT2D eigenvalue weighted by Crippen LogP contribution is 2.41. The van der Waals surface area contributed by atoms with E-state index in [2.05, 4.69) is 0 Å². The molecule has 10 aromatic carbocycles. The first kappa shape index (κ1) is 58.0. The summed E-state index contributed by atoms with van der Waals surface area (Å²) in [5, 5.41) is 0.581. The van der Waals surface area contributed by atoms with Crippen molar-refractivity contribution in [1.82, 2.24) is 0 Å². The van der Waals surface area contributed by atoms with Crippen LogP contribution in [0.25, 0.3) is 109 Å². The summed E-state index contributed by atoms with van der Waals surface area (Å²) in [6.07, 6.45) is 0. The molecule has 0 atom stereocenters. The zero-order valence-corrected chi connectivity index (χ0v) is 42.7. The second-order valence-electron chi connectivity index (χ2n) is 19.9. The monoisotopic (exact) mass is 946 g/mol. The summed E-state index contributed by atoms with van der Waals surface area (Å²) in [6.45, 7) is 0. The third-order valence-corrected chi connectivity index (χ3v) is 16.0. The smallest absolute Gasteiger partial charge is 0.128 e. The fourth-order valence-electron chi connectivity index (χ4n) is 11.8. The van der Waals surface area contributed by atoms with Gasteiger partial charge >= 0.3 is 0 Å². The third-order valence-electron chi connectivity index (χ3n) is 16.0. The normalized spacial score (nSPS) is 12.0. The van der Waals surface area contributed by atoms with E-state index in [9.17, 15) is 0 Å². The largest absolute Gasteiger partial charge is 0.457 e. The number of furan rings is 1. The van der Waals surface area contributed by atoms with E-state index < -0.39 is 0 Å². The lowest BCUT2D eigenvalue weighted by Crippen LogP contribution is -2.52. The lowest BCUT2D eigenvalue weighted by molar-refractivity contribution is 0.675. The van der Waals surface area contributed by atoms with Crippen LogP contribution in [0.2, 0.25) is 0 Å². The summed E-state index contributed by atoms with van der Waals surface area (Å²) in [6, 6.07) is 0. The SMILES string of the molecule is [B]c1c([B])c(-c2c([B])c3c([B])c([B])c([B])c([B])c3c3c([B])c([B])c([B])c([B])c23)c([B])c([B])c1-c1c2c([B])c([B])c([B])c([B])c2c(-c2c([B])c([B])c3oc4c([B])c([B])c5c([B])c([B])c([B])c([B])c5c4c3c2[B])c2c([B])c([B])c([B])c([B])c12. The Morgan fingerprint density at radius 2 is 0.296 bits per heavy atom. The van der Waals surface area contributed by atoms with E-state index in [0.29, 0.717) is 0 Å². The number of hydrogen-bond acceptors (Lipinski definition) is 1. The minimum Gasteiger partial charge on any atom is -0.457 e. The average Bonchev–Trinajstić information content (AvgIpc) is 3.94. The lowest BCUT2D eigenvalue weighted by atomic mass is 9.55. The molecule has 0 saturated heterocycles. The molecule has 1 heterocycles. The van der Waals surface area contributed by atoms with Crippen molar-refractivity contribution in [3.05, 3.63) is 0 Å². The van der Waals surface area contributed by atoms with Crippen molar-refractivity contribution < 1.29 is 4.42 Å². The van der Waals surface area contributed by atoms with Crippen molar-refractivity contribution in [2.75, 3.05) is 0 Å². The maximum absolute atomic E-state index is 7.43. The van der Waals surface area contributed by atoms with E-state index in [4.69, 9.17) is 240 Å². The van der Waals surface area contributed by atoms with Gasteiger partial charge in [-0.3, -0.25) is 0 Å². The lowest BCUT2D eigenvalue weighted by Gasteiger charge is -2.33. The molecule has 11 rings (SSSR count). The highest BCUT2D eigenvalue weighted by Gasteiger charge is 2.32. The van der Waals surface area contributed by atoms with Gasteiger partial charge in [0.05, 0.1) is 0 Å². The van der Waals surface area contributed by atoms with Crippen LogP contribution in [-0.2, 0) is 0 Å². The van der Waals surface area contributed by atoms with E-state index in [0.717, 1.165) is 0 Å². The Balaban J connectivity index is 1.38. The Bertz CT molecular complexity index is 4820. The summed E-state index contributed by atoms with van der Waals surface area (Å²) < 4.78 is 6.39. The molecule has 81 heavy (non-hydrogen) atoms. The molecule has 0 N–H and O–H groups in total. The summed E-state index contributed by atoms with van der Waals surface area (Å²) in [7, 11) is 206. The standard InChI is InChI=1S/C50B30O/c51-19-9(7-8(26(58)42(74)41(73)25(7)57)10-15(19)33(65)45(77)43(75)27(10)59)16-31(63)29(61)14(30(62)32(16)64)2-5-3(21(53)37(69)39(71)23(5)55)1(4-6(2)24(56)40(72)38(70)22(4)54)13-20(52)18-12-11-17(34(66)46(78)44(76)28(11)60)36(68)47(79)49(12)81-50(18)48(80)35(13)67. The first-order valence-electron chi connectivity index (χ1n) is 23.8. The Kier molecular flexibility index (Phi) is 13.9. The Labute approximate surface area is 509 Å². The first-order chi connectivity index (χ1) is 37.8. The summed E-state index contributed by atoms with van der Waals surface area (Å²) in [4.78, 5) is 0.